The predicted molar refractivity (Wildman–Crippen MR) is 106 cm³/mol. The van der Waals surface area contributed by atoms with Gasteiger partial charge in [0.1, 0.15) is 5.75 Å². The topological polar surface area (TPSA) is 79.0 Å². The summed E-state index contributed by atoms with van der Waals surface area (Å²) >= 11 is 6.10. The SMILES string of the molecule is Cc1ccc(NC(=O)Nc2ccc3c(c2)CC(c2cnc[nH]2)CO3)cc1Cl. The van der Waals surface area contributed by atoms with Crippen LogP contribution in [0.15, 0.2) is 48.9 Å². The van der Waals surface area contributed by atoms with Crippen molar-refractivity contribution in [3.8, 4) is 5.75 Å². The Morgan fingerprint density at radius 2 is 2.00 bits per heavy atom. The second kappa shape index (κ2) is 7.32. The third-order valence-corrected chi connectivity index (χ3v) is 5.02. The van der Waals surface area contributed by atoms with Crippen LogP contribution in [0.5, 0.6) is 5.75 Å². The Labute approximate surface area is 161 Å². The van der Waals surface area contributed by atoms with E-state index in [0.29, 0.717) is 23.0 Å². The number of aromatic amines is 1. The van der Waals surface area contributed by atoms with Crippen molar-refractivity contribution in [1.29, 1.82) is 0 Å². The number of benzene rings is 2. The second-order valence-electron chi connectivity index (χ2n) is 6.58. The summed E-state index contributed by atoms with van der Waals surface area (Å²) in [4.78, 5) is 19.5. The highest BCUT2D eigenvalue weighted by Gasteiger charge is 2.22. The Morgan fingerprint density at radius 3 is 2.74 bits per heavy atom. The number of H-pyrrole nitrogens is 1. The molecule has 138 valence electrons. The first-order chi connectivity index (χ1) is 13.1. The highest BCUT2D eigenvalue weighted by Crippen LogP contribution is 2.33. The lowest BCUT2D eigenvalue weighted by Crippen LogP contribution is -2.21. The van der Waals surface area contributed by atoms with Crippen LogP contribution in [0.4, 0.5) is 16.2 Å². The largest absolute Gasteiger partial charge is 0.493 e. The lowest BCUT2D eigenvalue weighted by atomic mass is 9.94. The number of amides is 2. The maximum atomic E-state index is 12.3. The van der Waals surface area contributed by atoms with Crippen LogP contribution in [-0.4, -0.2) is 22.6 Å². The molecule has 1 aliphatic rings. The number of halogens is 1. The minimum Gasteiger partial charge on any atom is -0.493 e. The molecule has 3 N–H and O–H groups in total. The van der Waals surface area contributed by atoms with Gasteiger partial charge in [-0.25, -0.2) is 9.78 Å². The molecule has 1 aromatic heterocycles. The lowest BCUT2D eigenvalue weighted by molar-refractivity contribution is 0.260. The van der Waals surface area contributed by atoms with E-state index in [2.05, 4.69) is 20.6 Å². The Bertz CT molecular complexity index is 972. The molecule has 1 atom stereocenters. The van der Waals surface area contributed by atoms with Gasteiger partial charge in [0.2, 0.25) is 0 Å². The zero-order valence-electron chi connectivity index (χ0n) is 14.8. The van der Waals surface area contributed by atoms with E-state index in [-0.39, 0.29) is 11.9 Å². The molecule has 0 saturated heterocycles. The Balaban J connectivity index is 1.45. The number of hydrogen-bond acceptors (Lipinski definition) is 3. The van der Waals surface area contributed by atoms with Crippen LogP contribution in [0.1, 0.15) is 22.7 Å². The molecule has 0 fully saturated rings. The van der Waals surface area contributed by atoms with Gasteiger partial charge in [-0.3, -0.25) is 0 Å². The highest BCUT2D eigenvalue weighted by atomic mass is 35.5. The lowest BCUT2D eigenvalue weighted by Gasteiger charge is -2.25. The summed E-state index contributed by atoms with van der Waals surface area (Å²) in [7, 11) is 0. The van der Waals surface area contributed by atoms with Crippen LogP contribution >= 0.6 is 11.6 Å². The molecule has 6 nitrogen and oxygen atoms in total. The number of nitrogens with one attached hydrogen (secondary N) is 3. The van der Waals surface area contributed by atoms with Crippen LogP contribution in [0.2, 0.25) is 5.02 Å². The fraction of sp³-hybridized carbons (Fsp3) is 0.200. The number of hydrogen-bond donors (Lipinski definition) is 3. The van der Waals surface area contributed by atoms with Crippen molar-refractivity contribution < 1.29 is 9.53 Å². The molecule has 0 spiro atoms. The van der Waals surface area contributed by atoms with Crippen molar-refractivity contribution in [1.82, 2.24) is 9.97 Å². The smallest absolute Gasteiger partial charge is 0.323 e. The summed E-state index contributed by atoms with van der Waals surface area (Å²) < 4.78 is 5.85. The minimum absolute atomic E-state index is 0.221. The Kier molecular flexibility index (Phi) is 4.73. The van der Waals surface area contributed by atoms with Crippen LogP contribution in [-0.2, 0) is 6.42 Å². The van der Waals surface area contributed by atoms with Crippen LogP contribution < -0.4 is 15.4 Å². The number of fused-ring (bicyclic) bond motifs is 1. The average molecular weight is 383 g/mol. The van der Waals surface area contributed by atoms with Gasteiger partial charge in [0.05, 0.1) is 12.9 Å². The van der Waals surface area contributed by atoms with Gasteiger partial charge in [0.25, 0.3) is 0 Å². The van der Waals surface area contributed by atoms with Gasteiger partial charge in [-0.2, -0.15) is 0 Å². The number of nitrogens with zero attached hydrogens (tertiary/aromatic N) is 1. The average Bonchev–Trinajstić information content (AvgIpc) is 3.19. The molecular formula is C20H19ClN4O2. The number of anilines is 2. The zero-order valence-corrected chi connectivity index (χ0v) is 15.5. The van der Waals surface area contributed by atoms with Crippen molar-refractivity contribution in [3.05, 3.63) is 70.8 Å². The van der Waals surface area contributed by atoms with Crippen LogP contribution in [0, 0.1) is 6.92 Å². The highest BCUT2D eigenvalue weighted by molar-refractivity contribution is 6.31. The molecule has 2 aromatic carbocycles. The summed E-state index contributed by atoms with van der Waals surface area (Å²) in [6.07, 6.45) is 4.31. The zero-order chi connectivity index (χ0) is 18.8. The maximum absolute atomic E-state index is 12.3. The van der Waals surface area contributed by atoms with E-state index in [1.165, 1.54) is 0 Å². The van der Waals surface area contributed by atoms with E-state index in [1.54, 1.807) is 12.4 Å². The van der Waals surface area contributed by atoms with Gasteiger partial charge >= 0.3 is 6.03 Å². The fourth-order valence-electron chi connectivity index (χ4n) is 3.13. The van der Waals surface area contributed by atoms with Crippen LogP contribution in [0.25, 0.3) is 0 Å². The van der Waals surface area contributed by atoms with Gasteiger partial charge in [0, 0.05) is 34.2 Å². The van der Waals surface area contributed by atoms with E-state index in [0.717, 1.165) is 29.0 Å². The van der Waals surface area contributed by atoms with Crippen molar-refractivity contribution in [2.75, 3.05) is 17.2 Å². The van der Waals surface area contributed by atoms with E-state index in [4.69, 9.17) is 16.3 Å². The van der Waals surface area contributed by atoms with Crippen molar-refractivity contribution in [2.24, 2.45) is 0 Å². The Hall–Kier alpha value is -2.99. The number of carbonyl (C=O) groups excluding carboxylic acids is 1. The quantitative estimate of drug-likeness (QED) is 0.612. The van der Waals surface area contributed by atoms with Gasteiger partial charge in [-0.05, 0) is 54.8 Å². The molecule has 1 unspecified atom stereocenters. The van der Waals surface area contributed by atoms with E-state index >= 15 is 0 Å². The molecule has 0 radical (unpaired) electrons. The normalized spacial score (nSPS) is 15.6. The van der Waals surface area contributed by atoms with E-state index < -0.39 is 0 Å². The van der Waals surface area contributed by atoms with E-state index in [1.807, 2.05) is 43.5 Å². The summed E-state index contributed by atoms with van der Waals surface area (Å²) in [5, 5.41) is 6.26. The number of urea groups is 1. The molecule has 7 heteroatoms. The molecule has 4 rings (SSSR count). The Morgan fingerprint density at radius 1 is 1.22 bits per heavy atom. The number of carbonyl (C=O) groups is 1. The summed E-state index contributed by atoms with van der Waals surface area (Å²) in [5.41, 5.74) is 4.41. The van der Waals surface area contributed by atoms with Crippen molar-refractivity contribution in [2.45, 2.75) is 19.3 Å². The predicted octanol–water partition coefficient (Wildman–Crippen LogP) is 4.73. The summed E-state index contributed by atoms with van der Waals surface area (Å²) in [5.74, 6) is 1.07. The first kappa shape index (κ1) is 17.4. The fourth-order valence-corrected chi connectivity index (χ4v) is 3.31. The molecule has 2 amide bonds. The van der Waals surface area contributed by atoms with Crippen molar-refractivity contribution >= 4 is 29.0 Å². The number of rotatable bonds is 3. The van der Waals surface area contributed by atoms with Gasteiger partial charge in [-0.1, -0.05) is 17.7 Å². The molecule has 0 saturated carbocycles. The molecule has 27 heavy (non-hydrogen) atoms. The number of aromatic nitrogens is 2. The standard InChI is InChI=1S/C20H19ClN4O2/c1-12-2-3-16(8-17(12)21)25-20(26)24-15-4-5-19-13(7-15)6-14(10-27-19)18-9-22-11-23-18/h2-5,7-9,11,14H,6,10H2,1H3,(H,22,23)(H2,24,25,26). The van der Waals surface area contributed by atoms with Gasteiger partial charge in [-0.15, -0.1) is 0 Å². The number of imidazole rings is 1. The third kappa shape index (κ3) is 3.90. The third-order valence-electron chi connectivity index (χ3n) is 4.61. The molecule has 2 heterocycles. The molecule has 3 aromatic rings. The molecule has 1 aliphatic heterocycles. The maximum Gasteiger partial charge on any atom is 0.323 e. The van der Waals surface area contributed by atoms with Crippen molar-refractivity contribution in [3.63, 3.8) is 0 Å². The second-order valence-corrected chi connectivity index (χ2v) is 6.99. The van der Waals surface area contributed by atoms with E-state index in [9.17, 15) is 4.79 Å². The minimum atomic E-state index is -0.322. The monoisotopic (exact) mass is 382 g/mol. The molecule has 0 aliphatic carbocycles. The number of ether oxygens (including phenoxy) is 1. The first-order valence-corrected chi connectivity index (χ1v) is 9.04. The molecular weight excluding hydrogens is 364 g/mol. The number of aryl methyl sites for hydroxylation is 1. The first-order valence-electron chi connectivity index (χ1n) is 8.66. The van der Waals surface area contributed by atoms with Gasteiger partial charge < -0.3 is 20.4 Å². The summed E-state index contributed by atoms with van der Waals surface area (Å²) in [6, 6.07) is 10.7. The van der Waals surface area contributed by atoms with Gasteiger partial charge in [0.15, 0.2) is 0 Å². The summed E-state index contributed by atoms with van der Waals surface area (Å²) in [6.45, 7) is 2.52. The molecule has 0 bridgehead atoms. The van der Waals surface area contributed by atoms with Crippen LogP contribution in [0.3, 0.4) is 0 Å².